The molecule has 0 bridgehead atoms. The highest BCUT2D eigenvalue weighted by Gasteiger charge is 2.45. The largest absolute Gasteiger partial charge is 0.449 e. The fourth-order valence-electron chi connectivity index (χ4n) is 4.91. The van der Waals surface area contributed by atoms with Crippen LogP contribution in [0.15, 0.2) is 18.2 Å². The second-order valence-electron chi connectivity index (χ2n) is 9.15. The van der Waals surface area contributed by atoms with Gasteiger partial charge in [-0.1, -0.05) is 6.07 Å². The smallest absolute Gasteiger partial charge is 0.404 e. The van der Waals surface area contributed by atoms with E-state index in [1.807, 2.05) is 0 Å². The summed E-state index contributed by atoms with van der Waals surface area (Å²) in [6.07, 6.45) is 1.46. The summed E-state index contributed by atoms with van der Waals surface area (Å²) in [6, 6.07) is 3.95. The molecule has 0 spiro atoms. The molecule has 0 saturated carbocycles. The predicted molar refractivity (Wildman–Crippen MR) is 127 cm³/mol. The first kappa shape index (κ1) is 25.6. The van der Waals surface area contributed by atoms with Crippen LogP contribution in [0.5, 0.6) is 0 Å². The number of ether oxygens (including phenoxy) is 2. The molecule has 0 radical (unpaired) electrons. The van der Waals surface area contributed by atoms with E-state index in [9.17, 15) is 24.0 Å². The number of fused-ring (bicyclic) bond motifs is 1. The van der Waals surface area contributed by atoms with Gasteiger partial charge in [0.2, 0.25) is 11.8 Å². The van der Waals surface area contributed by atoms with Crippen LogP contribution in [0, 0.1) is 5.92 Å². The number of nitrogens with one attached hydrogen (secondary N) is 2. The number of piperidine rings is 2. The van der Waals surface area contributed by atoms with Crippen molar-refractivity contribution in [1.82, 2.24) is 15.1 Å². The Bertz CT molecular complexity index is 1050. The molecule has 1 aromatic rings. The van der Waals surface area contributed by atoms with E-state index in [0.717, 1.165) is 37.4 Å². The van der Waals surface area contributed by atoms with Crippen LogP contribution >= 0.6 is 0 Å². The van der Waals surface area contributed by atoms with E-state index < -0.39 is 35.8 Å². The van der Waals surface area contributed by atoms with Crippen molar-refractivity contribution in [3.8, 4) is 0 Å². The molecule has 0 aliphatic carbocycles. The van der Waals surface area contributed by atoms with Crippen molar-refractivity contribution in [2.75, 3.05) is 51.3 Å². The second kappa shape index (κ2) is 11.5. The van der Waals surface area contributed by atoms with Crippen molar-refractivity contribution < 1.29 is 33.4 Å². The predicted octanol–water partition coefficient (Wildman–Crippen LogP) is 0.324. The van der Waals surface area contributed by atoms with Gasteiger partial charge in [-0.25, -0.2) is 4.79 Å². The summed E-state index contributed by atoms with van der Waals surface area (Å²) in [5.41, 5.74) is 6.00. The normalized spacial score (nSPS) is 22.4. The Morgan fingerprint density at radius 1 is 1.14 bits per heavy atom. The van der Waals surface area contributed by atoms with Crippen LogP contribution < -0.4 is 16.4 Å². The SMILES string of the molecule is NC(=O)OCC1CCCN(CCOCCNc2cccc3c2C(=O)N(C2CCC(=O)NC2=O)C3=O)C1. The maximum absolute atomic E-state index is 13.1. The van der Waals surface area contributed by atoms with Crippen molar-refractivity contribution in [2.45, 2.75) is 31.7 Å². The van der Waals surface area contributed by atoms with Gasteiger partial charge in [-0.2, -0.15) is 0 Å². The van der Waals surface area contributed by atoms with Crippen LogP contribution in [0.1, 0.15) is 46.4 Å². The molecule has 3 aliphatic rings. The summed E-state index contributed by atoms with van der Waals surface area (Å²) in [5, 5.41) is 5.35. The monoisotopic (exact) mass is 501 g/mol. The highest BCUT2D eigenvalue weighted by atomic mass is 16.5. The van der Waals surface area contributed by atoms with Crippen molar-refractivity contribution in [3.05, 3.63) is 29.3 Å². The Morgan fingerprint density at radius 3 is 2.75 bits per heavy atom. The molecule has 2 atom stereocenters. The molecular formula is C24H31N5O7. The van der Waals surface area contributed by atoms with Gasteiger partial charge in [0.25, 0.3) is 11.8 Å². The van der Waals surface area contributed by atoms with Crippen LogP contribution in [0.3, 0.4) is 0 Å². The third kappa shape index (κ3) is 5.82. The summed E-state index contributed by atoms with van der Waals surface area (Å²) in [5.74, 6) is -1.86. The molecule has 36 heavy (non-hydrogen) atoms. The number of carbonyl (C=O) groups excluding carboxylic acids is 5. The zero-order chi connectivity index (χ0) is 25.7. The third-order valence-corrected chi connectivity index (χ3v) is 6.65. The number of amides is 5. The van der Waals surface area contributed by atoms with E-state index in [-0.39, 0.29) is 29.9 Å². The van der Waals surface area contributed by atoms with Crippen molar-refractivity contribution in [2.24, 2.45) is 11.7 Å². The number of primary amides is 1. The number of imide groups is 2. The number of rotatable bonds is 10. The second-order valence-corrected chi connectivity index (χ2v) is 9.15. The van der Waals surface area contributed by atoms with Gasteiger partial charge in [-0.05, 0) is 37.9 Å². The minimum Gasteiger partial charge on any atom is -0.449 e. The molecule has 2 saturated heterocycles. The lowest BCUT2D eigenvalue weighted by Crippen LogP contribution is -2.54. The lowest BCUT2D eigenvalue weighted by molar-refractivity contribution is -0.136. The molecule has 12 nitrogen and oxygen atoms in total. The Kier molecular flexibility index (Phi) is 8.16. The summed E-state index contributed by atoms with van der Waals surface area (Å²) in [4.78, 5) is 63.7. The van der Waals surface area contributed by atoms with Crippen LogP contribution in [0.4, 0.5) is 10.5 Å². The van der Waals surface area contributed by atoms with Gasteiger partial charge in [-0.3, -0.25) is 29.4 Å². The Labute approximate surface area is 208 Å². The maximum atomic E-state index is 13.1. The van der Waals surface area contributed by atoms with E-state index in [2.05, 4.69) is 15.5 Å². The molecule has 0 aromatic heterocycles. The van der Waals surface area contributed by atoms with E-state index in [4.69, 9.17) is 15.2 Å². The minimum atomic E-state index is -0.997. The molecule has 194 valence electrons. The highest BCUT2D eigenvalue weighted by molar-refractivity contribution is 6.25. The van der Waals surface area contributed by atoms with Crippen LogP contribution in [-0.4, -0.2) is 91.6 Å². The zero-order valence-corrected chi connectivity index (χ0v) is 20.0. The average Bonchev–Trinajstić information content (AvgIpc) is 3.11. The van der Waals surface area contributed by atoms with Crippen LogP contribution in [0.2, 0.25) is 0 Å². The van der Waals surface area contributed by atoms with Gasteiger partial charge in [-0.15, -0.1) is 0 Å². The fraction of sp³-hybridized carbons (Fsp3) is 0.542. The number of nitrogens with zero attached hydrogens (tertiary/aromatic N) is 2. The number of nitrogens with two attached hydrogens (primary N) is 1. The van der Waals surface area contributed by atoms with Gasteiger partial charge >= 0.3 is 6.09 Å². The minimum absolute atomic E-state index is 0.0749. The molecule has 5 amide bonds. The van der Waals surface area contributed by atoms with Gasteiger partial charge in [0.1, 0.15) is 6.04 Å². The molecule has 12 heteroatoms. The Balaban J connectivity index is 1.24. The van der Waals surface area contributed by atoms with Gasteiger partial charge in [0, 0.05) is 37.7 Å². The van der Waals surface area contributed by atoms with Crippen molar-refractivity contribution in [1.29, 1.82) is 0 Å². The summed E-state index contributed by atoms with van der Waals surface area (Å²) in [6.45, 7) is 4.21. The zero-order valence-electron chi connectivity index (χ0n) is 20.0. The topological polar surface area (TPSA) is 160 Å². The molecule has 2 unspecified atom stereocenters. The fourth-order valence-corrected chi connectivity index (χ4v) is 4.91. The lowest BCUT2D eigenvalue weighted by Gasteiger charge is -2.32. The van der Waals surface area contributed by atoms with Gasteiger partial charge in [0.05, 0.1) is 30.9 Å². The van der Waals surface area contributed by atoms with E-state index in [1.54, 1.807) is 18.2 Å². The number of likely N-dealkylation sites (tertiary alicyclic amines) is 1. The van der Waals surface area contributed by atoms with Crippen LogP contribution in [0.25, 0.3) is 0 Å². The quantitative estimate of drug-likeness (QED) is 0.303. The first-order valence-electron chi connectivity index (χ1n) is 12.2. The summed E-state index contributed by atoms with van der Waals surface area (Å²) in [7, 11) is 0. The van der Waals surface area contributed by atoms with Crippen LogP contribution in [-0.2, 0) is 19.1 Å². The number of benzene rings is 1. The Hall–Kier alpha value is -3.51. The first-order chi connectivity index (χ1) is 17.3. The molecule has 4 N–H and O–H groups in total. The Morgan fingerprint density at radius 2 is 1.97 bits per heavy atom. The molecule has 2 fully saturated rings. The van der Waals surface area contributed by atoms with Gasteiger partial charge < -0.3 is 25.4 Å². The number of carbonyl (C=O) groups is 5. The first-order valence-corrected chi connectivity index (χ1v) is 12.2. The molecule has 3 aliphatic heterocycles. The number of anilines is 1. The lowest BCUT2D eigenvalue weighted by atomic mass is 9.99. The van der Waals surface area contributed by atoms with Crippen molar-refractivity contribution in [3.63, 3.8) is 0 Å². The number of hydrogen-bond acceptors (Lipinski definition) is 9. The maximum Gasteiger partial charge on any atom is 0.404 e. The highest BCUT2D eigenvalue weighted by Crippen LogP contribution is 2.32. The van der Waals surface area contributed by atoms with Crippen molar-refractivity contribution >= 4 is 35.4 Å². The van der Waals surface area contributed by atoms with E-state index in [0.29, 0.717) is 32.1 Å². The van der Waals surface area contributed by atoms with E-state index >= 15 is 0 Å². The molecular weight excluding hydrogens is 470 g/mol. The van der Waals surface area contributed by atoms with Gasteiger partial charge in [0.15, 0.2) is 0 Å². The summed E-state index contributed by atoms with van der Waals surface area (Å²) >= 11 is 0. The standard InChI is InChI=1S/C24H31N5O7/c25-24(34)36-14-15-3-2-9-28(13-15)10-12-35-11-8-26-17-5-1-4-16-20(17)23(33)29(22(16)32)18-6-7-19(30)27-21(18)31/h1,4-5,15,18,26H,2-3,6-14H2,(H2,25,34)(H,27,30,31). The molecule has 1 aromatic carbocycles. The molecule has 4 rings (SSSR count). The molecule has 3 heterocycles. The average molecular weight is 502 g/mol. The van der Waals surface area contributed by atoms with E-state index in [1.165, 1.54) is 0 Å². The number of hydrogen-bond donors (Lipinski definition) is 3. The summed E-state index contributed by atoms with van der Waals surface area (Å²) < 4.78 is 10.7. The third-order valence-electron chi connectivity index (χ3n) is 6.65.